The van der Waals surface area contributed by atoms with Crippen LogP contribution in [-0.4, -0.2) is 27.6 Å². The highest BCUT2D eigenvalue weighted by Crippen LogP contribution is 2.12. The first-order chi connectivity index (χ1) is 10.1. The zero-order valence-corrected chi connectivity index (χ0v) is 11.4. The molecule has 1 atom stereocenters. The van der Waals surface area contributed by atoms with E-state index in [-0.39, 0.29) is 12.1 Å². The molecule has 1 heterocycles. The number of nitrogens with zero attached hydrogens (tertiary/aromatic N) is 2. The molecule has 0 saturated carbocycles. The van der Waals surface area contributed by atoms with Crippen molar-refractivity contribution in [3.05, 3.63) is 47.3 Å². The summed E-state index contributed by atoms with van der Waals surface area (Å²) in [6.45, 7) is 1.91. The maximum absolute atomic E-state index is 13.9. The van der Waals surface area contributed by atoms with Crippen LogP contribution < -0.4 is 11.1 Å². The summed E-state index contributed by atoms with van der Waals surface area (Å²) in [5.74, 6) is 4.65. The standard InChI is InChI=1S/C14H14FN5O/c1-9(13-17-8-18-20-13)19-14(21)11-5-4-10(3-2-6-16)7-12(11)15/h4-5,7-9H,6,16H2,1H3,(H,19,21)(H,17,18,20). The summed E-state index contributed by atoms with van der Waals surface area (Å²) in [6, 6.07) is 3.76. The van der Waals surface area contributed by atoms with E-state index in [2.05, 4.69) is 32.3 Å². The number of halogens is 1. The zero-order chi connectivity index (χ0) is 15.2. The Morgan fingerprint density at radius 3 is 3.00 bits per heavy atom. The lowest BCUT2D eigenvalue weighted by Crippen LogP contribution is -2.28. The van der Waals surface area contributed by atoms with Gasteiger partial charge in [-0.25, -0.2) is 9.37 Å². The fourth-order valence-corrected chi connectivity index (χ4v) is 1.70. The Bertz CT molecular complexity index is 687. The molecule has 0 bridgehead atoms. The monoisotopic (exact) mass is 287 g/mol. The van der Waals surface area contributed by atoms with Crippen LogP contribution in [0.3, 0.4) is 0 Å². The molecule has 0 aliphatic carbocycles. The van der Waals surface area contributed by atoms with E-state index in [4.69, 9.17) is 5.73 Å². The molecule has 0 aliphatic heterocycles. The molecular formula is C14H14FN5O. The predicted molar refractivity (Wildman–Crippen MR) is 74.6 cm³/mol. The highest BCUT2D eigenvalue weighted by atomic mass is 19.1. The molecule has 21 heavy (non-hydrogen) atoms. The molecule has 6 nitrogen and oxygen atoms in total. The van der Waals surface area contributed by atoms with E-state index in [1.54, 1.807) is 13.0 Å². The fraction of sp³-hybridized carbons (Fsp3) is 0.214. The van der Waals surface area contributed by atoms with Gasteiger partial charge in [0.2, 0.25) is 0 Å². The van der Waals surface area contributed by atoms with Crippen LogP contribution in [-0.2, 0) is 0 Å². The fourth-order valence-electron chi connectivity index (χ4n) is 1.70. The van der Waals surface area contributed by atoms with Crippen molar-refractivity contribution in [2.75, 3.05) is 6.54 Å². The van der Waals surface area contributed by atoms with Crippen molar-refractivity contribution in [2.24, 2.45) is 5.73 Å². The highest BCUT2D eigenvalue weighted by molar-refractivity contribution is 5.94. The van der Waals surface area contributed by atoms with Gasteiger partial charge in [0.05, 0.1) is 18.2 Å². The largest absolute Gasteiger partial charge is 0.342 e. The van der Waals surface area contributed by atoms with Crippen molar-refractivity contribution in [1.82, 2.24) is 20.5 Å². The van der Waals surface area contributed by atoms with Gasteiger partial charge in [-0.1, -0.05) is 11.8 Å². The number of hydrogen-bond donors (Lipinski definition) is 3. The van der Waals surface area contributed by atoms with Crippen molar-refractivity contribution < 1.29 is 9.18 Å². The average Bonchev–Trinajstić information content (AvgIpc) is 2.99. The van der Waals surface area contributed by atoms with Crippen molar-refractivity contribution in [3.8, 4) is 11.8 Å². The molecule has 4 N–H and O–H groups in total. The maximum atomic E-state index is 13.9. The van der Waals surface area contributed by atoms with E-state index in [9.17, 15) is 9.18 Å². The van der Waals surface area contributed by atoms with E-state index in [0.717, 1.165) is 0 Å². The van der Waals surface area contributed by atoms with Gasteiger partial charge in [-0.05, 0) is 25.1 Å². The summed E-state index contributed by atoms with van der Waals surface area (Å²) < 4.78 is 13.9. The third kappa shape index (κ3) is 3.64. The minimum absolute atomic E-state index is 0.0559. The molecule has 0 spiro atoms. The molecule has 1 unspecified atom stereocenters. The molecule has 1 aromatic heterocycles. The Kier molecular flexibility index (Phi) is 4.64. The molecule has 108 valence electrons. The van der Waals surface area contributed by atoms with Crippen LogP contribution in [0.4, 0.5) is 4.39 Å². The van der Waals surface area contributed by atoms with Gasteiger partial charge in [-0.2, -0.15) is 5.10 Å². The van der Waals surface area contributed by atoms with Crippen LogP contribution in [0.5, 0.6) is 0 Å². The van der Waals surface area contributed by atoms with Gasteiger partial charge in [0.1, 0.15) is 18.0 Å². The number of nitrogens with two attached hydrogens (primary N) is 1. The quantitative estimate of drug-likeness (QED) is 0.726. The van der Waals surface area contributed by atoms with Crippen molar-refractivity contribution in [1.29, 1.82) is 0 Å². The van der Waals surface area contributed by atoms with Crippen LogP contribution in [0, 0.1) is 17.7 Å². The number of aromatic nitrogens is 3. The molecule has 0 radical (unpaired) electrons. The number of carbonyl (C=O) groups excluding carboxylic acids is 1. The van der Waals surface area contributed by atoms with Gasteiger partial charge < -0.3 is 11.1 Å². The second-order valence-corrected chi connectivity index (χ2v) is 4.27. The summed E-state index contributed by atoms with van der Waals surface area (Å²) in [4.78, 5) is 16.0. The number of amides is 1. The zero-order valence-electron chi connectivity index (χ0n) is 11.4. The van der Waals surface area contributed by atoms with Crippen molar-refractivity contribution >= 4 is 5.91 Å². The van der Waals surface area contributed by atoms with Crippen LogP contribution in [0.15, 0.2) is 24.5 Å². The summed E-state index contributed by atoms with van der Waals surface area (Å²) in [5, 5.41) is 8.97. The third-order valence-electron chi connectivity index (χ3n) is 2.74. The van der Waals surface area contributed by atoms with Gasteiger partial charge in [0.15, 0.2) is 0 Å². The Labute approximate surface area is 121 Å². The maximum Gasteiger partial charge on any atom is 0.254 e. The second-order valence-electron chi connectivity index (χ2n) is 4.27. The Hall–Kier alpha value is -2.72. The summed E-state index contributed by atoms with van der Waals surface area (Å²) in [6.07, 6.45) is 1.34. The van der Waals surface area contributed by atoms with Crippen LogP contribution >= 0.6 is 0 Å². The number of rotatable bonds is 3. The smallest absolute Gasteiger partial charge is 0.254 e. The number of hydrogen-bond acceptors (Lipinski definition) is 4. The third-order valence-corrected chi connectivity index (χ3v) is 2.74. The molecule has 0 aliphatic rings. The lowest BCUT2D eigenvalue weighted by atomic mass is 10.1. The Morgan fingerprint density at radius 1 is 1.57 bits per heavy atom. The van der Waals surface area contributed by atoms with E-state index in [0.29, 0.717) is 11.4 Å². The first-order valence-electron chi connectivity index (χ1n) is 6.26. The summed E-state index contributed by atoms with van der Waals surface area (Å²) in [5.41, 5.74) is 5.66. The minimum Gasteiger partial charge on any atom is -0.342 e. The second kappa shape index (κ2) is 6.63. The summed E-state index contributed by atoms with van der Waals surface area (Å²) >= 11 is 0. The number of H-pyrrole nitrogens is 1. The lowest BCUT2D eigenvalue weighted by Gasteiger charge is -2.11. The first-order valence-corrected chi connectivity index (χ1v) is 6.26. The Morgan fingerprint density at radius 2 is 2.38 bits per heavy atom. The highest BCUT2D eigenvalue weighted by Gasteiger charge is 2.16. The molecule has 2 aromatic rings. The topological polar surface area (TPSA) is 96.7 Å². The summed E-state index contributed by atoms with van der Waals surface area (Å²) in [7, 11) is 0. The van der Waals surface area contributed by atoms with Crippen LogP contribution in [0.1, 0.15) is 34.7 Å². The molecule has 0 fully saturated rings. The molecule has 2 rings (SSSR count). The lowest BCUT2D eigenvalue weighted by molar-refractivity contribution is 0.0934. The van der Waals surface area contributed by atoms with E-state index < -0.39 is 17.8 Å². The number of benzene rings is 1. The van der Waals surface area contributed by atoms with Crippen LogP contribution in [0.2, 0.25) is 0 Å². The van der Waals surface area contributed by atoms with Gasteiger partial charge in [0, 0.05) is 5.56 Å². The molecule has 7 heteroatoms. The average molecular weight is 287 g/mol. The van der Waals surface area contributed by atoms with Gasteiger partial charge >= 0.3 is 0 Å². The predicted octanol–water partition coefficient (Wildman–Crippen LogP) is 0.745. The number of nitrogens with one attached hydrogen (secondary N) is 2. The van der Waals surface area contributed by atoms with E-state index in [1.165, 1.54) is 18.5 Å². The Balaban J connectivity index is 2.12. The normalized spacial score (nSPS) is 11.4. The SMILES string of the molecule is CC(NC(=O)c1ccc(C#CCN)cc1F)c1ncn[nH]1. The van der Waals surface area contributed by atoms with Crippen molar-refractivity contribution in [3.63, 3.8) is 0 Å². The number of aromatic amines is 1. The van der Waals surface area contributed by atoms with Gasteiger partial charge in [-0.3, -0.25) is 9.89 Å². The minimum atomic E-state index is -0.638. The number of carbonyl (C=O) groups is 1. The van der Waals surface area contributed by atoms with Crippen LogP contribution in [0.25, 0.3) is 0 Å². The molecular weight excluding hydrogens is 273 g/mol. The molecule has 1 aromatic carbocycles. The van der Waals surface area contributed by atoms with Crippen molar-refractivity contribution in [2.45, 2.75) is 13.0 Å². The van der Waals surface area contributed by atoms with E-state index >= 15 is 0 Å². The molecule has 1 amide bonds. The first kappa shape index (κ1) is 14.7. The van der Waals surface area contributed by atoms with Gasteiger partial charge in [-0.15, -0.1) is 0 Å². The van der Waals surface area contributed by atoms with Gasteiger partial charge in [0.25, 0.3) is 5.91 Å². The molecule has 0 saturated heterocycles. The van der Waals surface area contributed by atoms with E-state index in [1.807, 2.05) is 0 Å².